The summed E-state index contributed by atoms with van der Waals surface area (Å²) in [4.78, 5) is 11.1. The molecule has 3 rings (SSSR count). The molecule has 0 saturated heterocycles. The van der Waals surface area contributed by atoms with Crippen molar-refractivity contribution in [2.45, 2.75) is 4.90 Å². The summed E-state index contributed by atoms with van der Waals surface area (Å²) >= 11 is 5.87. The van der Waals surface area contributed by atoms with Crippen molar-refractivity contribution in [1.82, 2.24) is 0 Å². The maximum Gasteiger partial charge on any atom is 0.337 e. The van der Waals surface area contributed by atoms with E-state index < -0.39 is 16.0 Å². The molecule has 0 fully saturated rings. The second-order valence-corrected chi connectivity index (χ2v) is 8.21. The number of hydrogen-bond donors (Lipinski definition) is 2. The smallest absolute Gasteiger partial charge is 0.337 e. The number of aromatic hydroxyl groups is 1. The van der Waals surface area contributed by atoms with Crippen molar-refractivity contribution in [2.24, 2.45) is 0 Å². The van der Waals surface area contributed by atoms with Crippen LogP contribution in [0.5, 0.6) is 5.75 Å². The number of nitrogens with zero attached hydrogens (tertiary/aromatic N) is 1. The molecule has 0 bridgehead atoms. The zero-order valence-electron chi connectivity index (χ0n) is 14.9. The molecule has 0 radical (unpaired) electrons. The third-order valence-electron chi connectivity index (χ3n) is 4.03. The molecule has 0 spiro atoms. The van der Waals surface area contributed by atoms with E-state index in [1.54, 1.807) is 48.5 Å². The van der Waals surface area contributed by atoms with Crippen molar-refractivity contribution in [3.05, 3.63) is 95.1 Å². The minimum atomic E-state index is -4.13. The number of sulfonamides is 1. The number of anilines is 1. The number of carboxylic acids is 1. The van der Waals surface area contributed by atoms with Crippen molar-refractivity contribution in [3.63, 3.8) is 0 Å². The van der Waals surface area contributed by atoms with Gasteiger partial charge < -0.3 is 10.2 Å². The Balaban J connectivity index is 2.09. The summed E-state index contributed by atoms with van der Waals surface area (Å²) in [6.45, 7) is 0. The summed E-state index contributed by atoms with van der Waals surface area (Å²) in [7, 11) is -4.13. The van der Waals surface area contributed by atoms with Gasteiger partial charge in [0.25, 0.3) is 10.0 Å². The third kappa shape index (κ3) is 4.59. The van der Waals surface area contributed by atoms with Gasteiger partial charge in [-0.25, -0.2) is 17.5 Å². The molecule has 0 unspecified atom stereocenters. The van der Waals surface area contributed by atoms with Gasteiger partial charge in [-0.2, -0.15) is 0 Å². The van der Waals surface area contributed by atoms with Crippen molar-refractivity contribution in [2.75, 3.05) is 4.31 Å². The van der Waals surface area contributed by atoms with Gasteiger partial charge in [-0.15, -0.1) is 0 Å². The van der Waals surface area contributed by atoms with Gasteiger partial charge in [0.2, 0.25) is 0 Å². The highest BCUT2D eigenvalue weighted by molar-refractivity contribution is 7.93. The van der Waals surface area contributed by atoms with Gasteiger partial charge in [-0.3, -0.25) is 0 Å². The van der Waals surface area contributed by atoms with Crippen LogP contribution >= 0.6 is 11.6 Å². The number of rotatable bonds is 6. The molecular weight excluding hydrogens is 414 g/mol. The Morgan fingerprint density at radius 3 is 2.24 bits per heavy atom. The molecule has 0 aromatic heterocycles. The lowest BCUT2D eigenvalue weighted by molar-refractivity contribution is 0.0697. The minimum absolute atomic E-state index is 0.0534. The van der Waals surface area contributed by atoms with E-state index >= 15 is 0 Å². The van der Waals surface area contributed by atoms with Gasteiger partial charge >= 0.3 is 5.97 Å². The fourth-order valence-corrected chi connectivity index (χ4v) is 4.11. The number of aromatic carboxylic acids is 1. The SMILES string of the molecule is O=C(O)c1cc(S(=O)(=O)N(C=Cc2ccc(O)cc2)c2ccccc2)ccc1Cl. The van der Waals surface area contributed by atoms with E-state index in [9.17, 15) is 23.4 Å². The van der Waals surface area contributed by atoms with E-state index in [2.05, 4.69) is 0 Å². The maximum atomic E-state index is 13.3. The Morgan fingerprint density at radius 1 is 0.966 bits per heavy atom. The van der Waals surface area contributed by atoms with Crippen LogP contribution in [0.3, 0.4) is 0 Å². The first-order chi connectivity index (χ1) is 13.8. The zero-order chi connectivity index (χ0) is 21.0. The first kappa shape index (κ1) is 20.4. The van der Waals surface area contributed by atoms with Gasteiger partial charge in [-0.1, -0.05) is 41.9 Å². The molecule has 0 aliphatic heterocycles. The lowest BCUT2D eigenvalue weighted by atomic mass is 10.2. The van der Waals surface area contributed by atoms with Crippen LogP contribution in [0, 0.1) is 0 Å². The topological polar surface area (TPSA) is 94.9 Å². The molecular formula is C21H16ClNO5S. The fourth-order valence-electron chi connectivity index (χ4n) is 2.56. The van der Waals surface area contributed by atoms with Crippen LogP contribution in [0.25, 0.3) is 6.08 Å². The monoisotopic (exact) mass is 429 g/mol. The van der Waals surface area contributed by atoms with E-state index in [4.69, 9.17) is 11.6 Å². The highest BCUT2D eigenvalue weighted by atomic mass is 35.5. The maximum absolute atomic E-state index is 13.3. The fraction of sp³-hybridized carbons (Fsp3) is 0. The number of benzene rings is 3. The lowest BCUT2D eigenvalue weighted by Crippen LogP contribution is -2.25. The van der Waals surface area contributed by atoms with Crippen molar-refractivity contribution in [3.8, 4) is 5.75 Å². The summed E-state index contributed by atoms with van der Waals surface area (Å²) < 4.78 is 27.6. The molecule has 0 heterocycles. The second-order valence-electron chi connectivity index (χ2n) is 5.99. The number of hydrogen-bond acceptors (Lipinski definition) is 4. The highest BCUT2D eigenvalue weighted by Gasteiger charge is 2.25. The Labute approximate surface area is 173 Å². The van der Waals surface area contributed by atoms with Crippen LogP contribution in [-0.4, -0.2) is 24.6 Å². The first-order valence-electron chi connectivity index (χ1n) is 8.38. The molecule has 0 saturated carbocycles. The van der Waals surface area contributed by atoms with Crippen LogP contribution in [0.4, 0.5) is 5.69 Å². The summed E-state index contributed by atoms with van der Waals surface area (Å²) in [5.41, 5.74) is 0.735. The quantitative estimate of drug-likeness (QED) is 0.596. The molecule has 0 atom stereocenters. The van der Waals surface area contributed by atoms with E-state index in [0.717, 1.165) is 10.4 Å². The Hall–Kier alpha value is -3.29. The Kier molecular flexibility index (Phi) is 5.91. The van der Waals surface area contributed by atoms with Crippen LogP contribution in [0.1, 0.15) is 15.9 Å². The van der Waals surface area contributed by atoms with Crippen LogP contribution < -0.4 is 4.31 Å². The van der Waals surface area contributed by atoms with E-state index in [-0.39, 0.29) is 21.2 Å². The van der Waals surface area contributed by atoms with Gasteiger partial charge in [0, 0.05) is 6.20 Å². The average molecular weight is 430 g/mol. The number of carboxylic acid groups (broad SMARTS) is 1. The Morgan fingerprint density at radius 2 is 1.62 bits per heavy atom. The molecule has 0 amide bonds. The predicted molar refractivity (Wildman–Crippen MR) is 112 cm³/mol. The molecule has 0 aliphatic rings. The highest BCUT2D eigenvalue weighted by Crippen LogP contribution is 2.27. The van der Waals surface area contributed by atoms with Crippen molar-refractivity contribution >= 4 is 39.4 Å². The standard InChI is InChI=1S/C21H16ClNO5S/c22-20-11-10-18(14-19(20)21(25)26)29(27,28)23(16-4-2-1-3-5-16)13-12-15-6-8-17(24)9-7-15/h1-14,24H,(H,25,26). The van der Waals surface area contributed by atoms with E-state index in [1.807, 2.05) is 0 Å². The average Bonchev–Trinajstić information content (AvgIpc) is 2.70. The molecule has 148 valence electrons. The summed E-state index contributed by atoms with van der Waals surface area (Å²) in [5.74, 6) is -1.23. The molecule has 3 aromatic carbocycles. The zero-order valence-corrected chi connectivity index (χ0v) is 16.5. The molecule has 8 heteroatoms. The second kappa shape index (κ2) is 8.38. The van der Waals surface area contributed by atoms with Crippen LogP contribution in [0.2, 0.25) is 5.02 Å². The third-order valence-corrected chi connectivity index (χ3v) is 6.06. The van der Waals surface area contributed by atoms with Crippen LogP contribution in [-0.2, 0) is 10.0 Å². The summed E-state index contributed by atoms with van der Waals surface area (Å²) in [6.07, 6.45) is 2.93. The number of phenols is 1. The predicted octanol–water partition coefficient (Wildman–Crippen LogP) is 4.61. The van der Waals surface area contributed by atoms with E-state index in [1.165, 1.54) is 30.5 Å². The van der Waals surface area contributed by atoms with E-state index in [0.29, 0.717) is 11.3 Å². The first-order valence-corrected chi connectivity index (χ1v) is 10.2. The minimum Gasteiger partial charge on any atom is -0.508 e. The molecule has 2 N–H and O–H groups in total. The molecule has 0 aliphatic carbocycles. The summed E-state index contributed by atoms with van der Waals surface area (Å²) in [5, 5.41) is 18.6. The number of carbonyl (C=O) groups is 1. The van der Waals surface area contributed by atoms with Gasteiger partial charge in [0.15, 0.2) is 0 Å². The normalized spacial score (nSPS) is 11.5. The largest absolute Gasteiger partial charge is 0.508 e. The number of para-hydroxylation sites is 1. The molecule has 29 heavy (non-hydrogen) atoms. The molecule has 3 aromatic rings. The van der Waals surface area contributed by atoms with Crippen molar-refractivity contribution < 1.29 is 23.4 Å². The summed E-state index contributed by atoms with van der Waals surface area (Å²) in [6, 6.07) is 18.1. The molecule has 6 nitrogen and oxygen atoms in total. The van der Waals surface area contributed by atoms with Crippen molar-refractivity contribution in [1.29, 1.82) is 0 Å². The van der Waals surface area contributed by atoms with Crippen LogP contribution in [0.15, 0.2) is 83.9 Å². The lowest BCUT2D eigenvalue weighted by Gasteiger charge is -2.21. The van der Waals surface area contributed by atoms with Gasteiger partial charge in [0.05, 0.1) is 21.2 Å². The van der Waals surface area contributed by atoms with Gasteiger partial charge in [0.1, 0.15) is 5.75 Å². The van der Waals surface area contributed by atoms with Gasteiger partial charge in [-0.05, 0) is 54.1 Å². The Bertz CT molecular complexity index is 1160. The number of phenolic OH excluding ortho intramolecular Hbond substituents is 1. The number of halogens is 1.